The van der Waals surface area contributed by atoms with E-state index in [2.05, 4.69) is 45.4 Å². The number of nitrogens with zero attached hydrogens (tertiary/aromatic N) is 3. The van der Waals surface area contributed by atoms with E-state index in [-0.39, 0.29) is 5.82 Å². The normalized spacial score (nSPS) is 10.8. The number of aryl methyl sites for hydroxylation is 2. The molecule has 0 aliphatic rings. The van der Waals surface area contributed by atoms with E-state index >= 15 is 0 Å². The van der Waals surface area contributed by atoms with E-state index < -0.39 is 0 Å². The molecule has 144 valence electrons. The number of fused-ring (bicyclic) bond motifs is 1. The fourth-order valence-electron chi connectivity index (χ4n) is 3.22. The molecule has 0 saturated carbocycles. The largest absolute Gasteiger partial charge is 0.369 e. The van der Waals surface area contributed by atoms with E-state index in [1.165, 1.54) is 17.7 Å². The zero-order chi connectivity index (χ0) is 20.2. The second-order valence-corrected chi connectivity index (χ2v) is 6.95. The molecule has 0 aliphatic heterocycles. The van der Waals surface area contributed by atoms with Crippen molar-refractivity contribution in [1.29, 1.82) is 5.26 Å². The minimum atomic E-state index is -0.290. The minimum Gasteiger partial charge on any atom is -0.369 e. The first-order valence-electron chi connectivity index (χ1n) is 9.48. The van der Waals surface area contributed by atoms with E-state index in [1.807, 2.05) is 6.07 Å². The molecule has 5 nitrogen and oxygen atoms in total. The van der Waals surface area contributed by atoms with Gasteiger partial charge in [0, 0.05) is 18.5 Å². The number of anilines is 1. The first-order valence-corrected chi connectivity index (χ1v) is 9.48. The number of halogens is 1. The van der Waals surface area contributed by atoms with Crippen LogP contribution in [-0.4, -0.2) is 21.5 Å². The number of hydrogen-bond donors (Lipinski definition) is 2. The third-order valence-corrected chi connectivity index (χ3v) is 4.72. The molecule has 0 amide bonds. The highest BCUT2D eigenvalue weighted by atomic mass is 19.1. The smallest absolute Gasteiger partial charge is 0.144 e. The van der Waals surface area contributed by atoms with Crippen LogP contribution in [0.1, 0.15) is 23.4 Å². The summed E-state index contributed by atoms with van der Waals surface area (Å²) in [5.41, 5.74) is 5.20. The van der Waals surface area contributed by atoms with Gasteiger partial charge in [0.25, 0.3) is 0 Å². The van der Waals surface area contributed by atoms with Gasteiger partial charge in [0.05, 0.1) is 22.3 Å². The average Bonchev–Trinajstić information content (AvgIpc) is 3.13. The Bertz CT molecular complexity index is 1190. The van der Waals surface area contributed by atoms with E-state index in [4.69, 9.17) is 0 Å². The first-order chi connectivity index (χ1) is 14.1. The maximum atomic E-state index is 13.2. The SMILES string of the molecule is Cc1ccc2nc(CCCNc3nc(-c4ccc(F)cc4)ccc3C#N)[nH]c2c1. The monoisotopic (exact) mass is 385 g/mol. The van der Waals surface area contributed by atoms with Crippen molar-refractivity contribution in [2.45, 2.75) is 19.8 Å². The van der Waals surface area contributed by atoms with Crippen LogP contribution in [-0.2, 0) is 6.42 Å². The summed E-state index contributed by atoms with van der Waals surface area (Å²) in [6, 6.07) is 18.0. The number of hydrogen-bond acceptors (Lipinski definition) is 4. The van der Waals surface area contributed by atoms with Gasteiger partial charge in [0.2, 0.25) is 0 Å². The van der Waals surface area contributed by atoms with Crippen molar-refractivity contribution in [1.82, 2.24) is 15.0 Å². The number of rotatable bonds is 6. The van der Waals surface area contributed by atoms with Crippen molar-refractivity contribution in [3.63, 3.8) is 0 Å². The average molecular weight is 385 g/mol. The fraction of sp³-hybridized carbons (Fsp3) is 0.174. The lowest BCUT2D eigenvalue weighted by atomic mass is 10.1. The number of pyridine rings is 1. The molecule has 2 N–H and O–H groups in total. The van der Waals surface area contributed by atoms with Crippen LogP contribution in [0.15, 0.2) is 54.6 Å². The number of nitrogens with one attached hydrogen (secondary N) is 2. The predicted octanol–water partition coefficient (Wildman–Crippen LogP) is 4.99. The molecule has 2 aromatic carbocycles. The summed E-state index contributed by atoms with van der Waals surface area (Å²) in [4.78, 5) is 12.5. The molecule has 0 unspecified atom stereocenters. The molecule has 0 saturated heterocycles. The summed E-state index contributed by atoms with van der Waals surface area (Å²) in [6.07, 6.45) is 1.63. The van der Waals surface area contributed by atoms with E-state index in [0.29, 0.717) is 23.6 Å². The van der Waals surface area contributed by atoms with Gasteiger partial charge in [-0.05, 0) is 67.4 Å². The number of imidazole rings is 1. The fourth-order valence-corrected chi connectivity index (χ4v) is 3.22. The molecule has 0 atom stereocenters. The molecule has 0 fully saturated rings. The zero-order valence-electron chi connectivity index (χ0n) is 16.0. The third kappa shape index (κ3) is 4.25. The minimum absolute atomic E-state index is 0.290. The molecule has 0 spiro atoms. The summed E-state index contributed by atoms with van der Waals surface area (Å²) >= 11 is 0. The van der Waals surface area contributed by atoms with Crippen LogP contribution < -0.4 is 5.32 Å². The van der Waals surface area contributed by atoms with Crippen LogP contribution in [0.4, 0.5) is 10.2 Å². The summed E-state index contributed by atoms with van der Waals surface area (Å²) in [5, 5.41) is 12.6. The van der Waals surface area contributed by atoms with Gasteiger partial charge in [-0.1, -0.05) is 6.07 Å². The lowest BCUT2D eigenvalue weighted by Gasteiger charge is -2.09. The molecule has 6 heteroatoms. The lowest BCUT2D eigenvalue weighted by Crippen LogP contribution is -2.07. The number of benzene rings is 2. The number of H-pyrrole nitrogens is 1. The summed E-state index contributed by atoms with van der Waals surface area (Å²) < 4.78 is 13.2. The number of aromatic nitrogens is 3. The summed E-state index contributed by atoms with van der Waals surface area (Å²) in [5.74, 6) is 1.19. The maximum absolute atomic E-state index is 13.2. The molecular formula is C23H20FN5. The van der Waals surface area contributed by atoms with Gasteiger partial charge in [0.15, 0.2) is 0 Å². The standard InChI is InChI=1S/C23H20FN5/c1-15-4-10-20-21(13-15)28-22(27-20)3-2-12-26-23-17(14-25)7-11-19(29-23)16-5-8-18(24)9-6-16/h4-11,13H,2-3,12H2,1H3,(H,26,29)(H,27,28). The topological polar surface area (TPSA) is 77.4 Å². The van der Waals surface area contributed by atoms with Gasteiger partial charge in [-0.2, -0.15) is 5.26 Å². The van der Waals surface area contributed by atoms with Gasteiger partial charge in [-0.3, -0.25) is 0 Å². The van der Waals surface area contributed by atoms with Crippen molar-refractivity contribution < 1.29 is 4.39 Å². The first kappa shape index (κ1) is 18.6. The van der Waals surface area contributed by atoms with Crippen molar-refractivity contribution >= 4 is 16.9 Å². The third-order valence-electron chi connectivity index (χ3n) is 4.72. The summed E-state index contributed by atoms with van der Waals surface area (Å²) in [6.45, 7) is 2.72. The number of aromatic amines is 1. The molecule has 2 heterocycles. The van der Waals surface area contributed by atoms with Crippen molar-refractivity contribution in [2.24, 2.45) is 0 Å². The Morgan fingerprint density at radius 3 is 2.69 bits per heavy atom. The quantitative estimate of drug-likeness (QED) is 0.459. The van der Waals surface area contributed by atoms with Crippen LogP contribution >= 0.6 is 0 Å². The van der Waals surface area contributed by atoms with Crippen LogP contribution in [0.3, 0.4) is 0 Å². The van der Waals surface area contributed by atoms with E-state index in [1.54, 1.807) is 24.3 Å². The Morgan fingerprint density at radius 2 is 1.90 bits per heavy atom. The highest BCUT2D eigenvalue weighted by molar-refractivity contribution is 5.75. The lowest BCUT2D eigenvalue weighted by molar-refractivity contribution is 0.628. The molecule has 4 rings (SSSR count). The molecular weight excluding hydrogens is 365 g/mol. The van der Waals surface area contributed by atoms with E-state index in [9.17, 15) is 9.65 Å². The molecule has 0 bridgehead atoms. The second-order valence-electron chi connectivity index (χ2n) is 6.95. The predicted molar refractivity (Wildman–Crippen MR) is 112 cm³/mol. The van der Waals surface area contributed by atoms with Gasteiger partial charge in [-0.25, -0.2) is 14.4 Å². The second kappa shape index (κ2) is 8.11. The zero-order valence-corrected chi connectivity index (χ0v) is 16.0. The Hall–Kier alpha value is -3.72. The van der Waals surface area contributed by atoms with Gasteiger partial charge in [0.1, 0.15) is 23.5 Å². The Morgan fingerprint density at radius 1 is 1.07 bits per heavy atom. The van der Waals surface area contributed by atoms with Gasteiger partial charge >= 0.3 is 0 Å². The van der Waals surface area contributed by atoms with Crippen LogP contribution in [0.25, 0.3) is 22.3 Å². The van der Waals surface area contributed by atoms with Crippen molar-refractivity contribution in [2.75, 3.05) is 11.9 Å². The van der Waals surface area contributed by atoms with Crippen LogP contribution in [0, 0.1) is 24.1 Å². The van der Waals surface area contributed by atoms with Crippen LogP contribution in [0.5, 0.6) is 0 Å². The van der Waals surface area contributed by atoms with Gasteiger partial charge in [-0.15, -0.1) is 0 Å². The summed E-state index contributed by atoms with van der Waals surface area (Å²) in [7, 11) is 0. The molecule has 4 aromatic rings. The molecule has 29 heavy (non-hydrogen) atoms. The Labute approximate surface area is 168 Å². The van der Waals surface area contributed by atoms with Crippen LogP contribution in [0.2, 0.25) is 0 Å². The number of nitriles is 1. The molecule has 0 aliphatic carbocycles. The highest BCUT2D eigenvalue weighted by Gasteiger charge is 2.08. The Balaban J connectivity index is 1.42. The highest BCUT2D eigenvalue weighted by Crippen LogP contribution is 2.22. The van der Waals surface area contributed by atoms with Crippen molar-refractivity contribution in [3.8, 4) is 17.3 Å². The Kier molecular flexibility index (Phi) is 5.21. The molecule has 2 aromatic heterocycles. The maximum Gasteiger partial charge on any atom is 0.144 e. The molecule has 0 radical (unpaired) electrons. The van der Waals surface area contributed by atoms with E-state index in [0.717, 1.165) is 35.3 Å². The van der Waals surface area contributed by atoms with Crippen molar-refractivity contribution in [3.05, 3.63) is 77.4 Å². The van der Waals surface area contributed by atoms with Gasteiger partial charge < -0.3 is 10.3 Å².